The molecular formula is C16H22N2O5. The standard InChI is InChI=1S/C16H22N2O5/c19-10-12-2-1-6-18(12)7-5-11-9-17-15-4-3-13(8-14(11)15)23-16(20,21)22/h3-4,8-9,12,17,19-22H,1-2,5-7,10H2. The average Bonchev–Trinajstić information content (AvgIpc) is 3.09. The van der Waals surface area contributed by atoms with Crippen LogP contribution in [0.25, 0.3) is 10.9 Å². The zero-order valence-electron chi connectivity index (χ0n) is 12.8. The third-order valence-electron chi connectivity index (χ3n) is 4.37. The number of H-pyrrole nitrogens is 1. The molecule has 1 aliphatic heterocycles. The summed E-state index contributed by atoms with van der Waals surface area (Å²) in [6.45, 7) is 2.05. The maximum atomic E-state index is 9.37. The number of fused-ring (bicyclic) bond motifs is 1. The molecule has 2 aromatic rings. The molecular weight excluding hydrogens is 300 g/mol. The summed E-state index contributed by atoms with van der Waals surface area (Å²) in [7, 11) is 0. The van der Waals surface area contributed by atoms with Crippen molar-refractivity contribution in [2.45, 2.75) is 31.5 Å². The molecule has 1 saturated heterocycles. The Morgan fingerprint density at radius 3 is 2.87 bits per heavy atom. The minimum Gasteiger partial charge on any atom is -0.417 e. The lowest BCUT2D eigenvalue weighted by molar-refractivity contribution is -0.419. The monoisotopic (exact) mass is 322 g/mol. The fraction of sp³-hybridized carbons (Fsp3) is 0.500. The number of hydrogen-bond acceptors (Lipinski definition) is 6. The number of hydrogen-bond donors (Lipinski definition) is 5. The van der Waals surface area contributed by atoms with Crippen molar-refractivity contribution < 1.29 is 25.2 Å². The number of aliphatic hydroxyl groups excluding tert-OH is 1. The number of rotatable bonds is 6. The molecule has 5 N–H and O–H groups in total. The van der Waals surface area contributed by atoms with Gasteiger partial charge in [0.2, 0.25) is 0 Å². The Balaban J connectivity index is 1.74. The molecule has 1 atom stereocenters. The first-order valence-electron chi connectivity index (χ1n) is 7.77. The van der Waals surface area contributed by atoms with Crippen molar-refractivity contribution in [3.8, 4) is 5.75 Å². The summed E-state index contributed by atoms with van der Waals surface area (Å²) in [5.74, 6) is 0.167. The van der Waals surface area contributed by atoms with E-state index in [9.17, 15) is 5.11 Å². The summed E-state index contributed by atoms with van der Waals surface area (Å²) >= 11 is 0. The molecule has 7 heteroatoms. The maximum Gasteiger partial charge on any atom is 0.453 e. The van der Waals surface area contributed by atoms with Gasteiger partial charge in [-0.1, -0.05) is 0 Å². The first kappa shape index (κ1) is 16.2. The highest BCUT2D eigenvalue weighted by Gasteiger charge is 2.24. The predicted octanol–water partition coefficient (Wildman–Crippen LogP) is 0.134. The number of ether oxygens (including phenoxy) is 1. The van der Waals surface area contributed by atoms with Crippen molar-refractivity contribution in [3.63, 3.8) is 0 Å². The summed E-state index contributed by atoms with van der Waals surface area (Å²) in [5.41, 5.74) is 1.99. The number of likely N-dealkylation sites (tertiary alicyclic amines) is 1. The summed E-state index contributed by atoms with van der Waals surface area (Å²) in [6.07, 6.45) is 1.69. The third-order valence-corrected chi connectivity index (χ3v) is 4.37. The van der Waals surface area contributed by atoms with E-state index in [-0.39, 0.29) is 18.4 Å². The summed E-state index contributed by atoms with van der Waals surface area (Å²) in [6, 6.07) is 5.21. The number of nitrogens with one attached hydrogen (secondary N) is 1. The first-order chi connectivity index (χ1) is 11.0. The Labute approximate surface area is 133 Å². The number of benzene rings is 1. The fourth-order valence-electron chi connectivity index (χ4n) is 3.25. The van der Waals surface area contributed by atoms with Crippen molar-refractivity contribution in [2.24, 2.45) is 0 Å². The second-order valence-electron chi connectivity index (χ2n) is 5.96. The third kappa shape index (κ3) is 3.82. The van der Waals surface area contributed by atoms with Crippen LogP contribution < -0.4 is 4.74 Å². The van der Waals surface area contributed by atoms with Gasteiger partial charge in [-0.25, -0.2) is 0 Å². The quantitative estimate of drug-likeness (QED) is 0.484. The molecule has 0 amide bonds. The minimum atomic E-state index is -3.19. The van der Waals surface area contributed by atoms with Gasteiger partial charge in [-0.05, 0) is 49.6 Å². The molecule has 0 radical (unpaired) electrons. The van der Waals surface area contributed by atoms with Crippen LogP contribution in [0.3, 0.4) is 0 Å². The topological polar surface area (TPSA) is 109 Å². The van der Waals surface area contributed by atoms with Crippen molar-refractivity contribution in [1.82, 2.24) is 9.88 Å². The molecule has 2 heterocycles. The van der Waals surface area contributed by atoms with E-state index >= 15 is 0 Å². The first-order valence-corrected chi connectivity index (χ1v) is 7.77. The number of aromatic nitrogens is 1. The molecule has 1 aromatic heterocycles. The van der Waals surface area contributed by atoms with Crippen molar-refractivity contribution >= 4 is 10.9 Å². The molecule has 126 valence electrons. The van der Waals surface area contributed by atoms with Gasteiger partial charge in [-0.2, -0.15) is 0 Å². The second kappa shape index (κ2) is 6.46. The summed E-state index contributed by atoms with van der Waals surface area (Å²) < 4.78 is 4.66. The summed E-state index contributed by atoms with van der Waals surface area (Å²) in [5, 5.41) is 37.0. The van der Waals surface area contributed by atoms with Crippen LogP contribution in [0, 0.1) is 0 Å². The highest BCUT2D eigenvalue weighted by Crippen LogP contribution is 2.26. The van der Waals surface area contributed by atoms with Gasteiger partial charge in [0.25, 0.3) is 0 Å². The van der Waals surface area contributed by atoms with E-state index in [4.69, 9.17) is 15.3 Å². The highest BCUT2D eigenvalue weighted by molar-refractivity contribution is 5.84. The van der Waals surface area contributed by atoms with E-state index in [2.05, 4.69) is 14.6 Å². The molecule has 1 fully saturated rings. The minimum absolute atomic E-state index is 0.167. The van der Waals surface area contributed by atoms with Crippen LogP contribution in [0.5, 0.6) is 5.75 Å². The number of nitrogens with zero attached hydrogens (tertiary/aromatic N) is 1. The largest absolute Gasteiger partial charge is 0.453 e. The fourth-order valence-corrected chi connectivity index (χ4v) is 3.25. The average molecular weight is 322 g/mol. The van der Waals surface area contributed by atoms with E-state index in [0.717, 1.165) is 48.8 Å². The van der Waals surface area contributed by atoms with E-state index in [1.54, 1.807) is 18.2 Å². The highest BCUT2D eigenvalue weighted by atomic mass is 16.9. The molecule has 0 aliphatic carbocycles. The molecule has 7 nitrogen and oxygen atoms in total. The second-order valence-corrected chi connectivity index (χ2v) is 5.96. The SMILES string of the molecule is OCC1CCCN1CCc1c[nH]c2ccc(OC(O)(O)O)cc12. The molecule has 1 unspecified atom stereocenters. The molecule has 23 heavy (non-hydrogen) atoms. The van der Waals surface area contributed by atoms with Crippen molar-refractivity contribution in [3.05, 3.63) is 30.0 Å². The van der Waals surface area contributed by atoms with E-state index in [0.29, 0.717) is 0 Å². The Morgan fingerprint density at radius 2 is 2.13 bits per heavy atom. The zero-order valence-corrected chi connectivity index (χ0v) is 12.8. The molecule has 1 aromatic carbocycles. The Morgan fingerprint density at radius 1 is 1.30 bits per heavy atom. The van der Waals surface area contributed by atoms with Crippen LogP contribution in [0.1, 0.15) is 18.4 Å². The van der Waals surface area contributed by atoms with Gasteiger partial charge in [-0.3, -0.25) is 4.90 Å². The van der Waals surface area contributed by atoms with Gasteiger partial charge in [-0.15, -0.1) is 0 Å². The van der Waals surface area contributed by atoms with Crippen LogP contribution in [0.4, 0.5) is 0 Å². The van der Waals surface area contributed by atoms with Gasteiger partial charge >= 0.3 is 6.16 Å². The molecule has 0 bridgehead atoms. The molecule has 1 aliphatic rings. The van der Waals surface area contributed by atoms with E-state index in [1.165, 1.54) is 0 Å². The van der Waals surface area contributed by atoms with Gasteiger partial charge in [0.05, 0.1) is 6.61 Å². The van der Waals surface area contributed by atoms with Gasteiger partial charge in [0, 0.05) is 29.7 Å². The van der Waals surface area contributed by atoms with Crippen LogP contribution >= 0.6 is 0 Å². The lowest BCUT2D eigenvalue weighted by atomic mass is 10.1. The van der Waals surface area contributed by atoms with Crippen LogP contribution in [0.15, 0.2) is 24.4 Å². The van der Waals surface area contributed by atoms with Crippen LogP contribution in [-0.4, -0.2) is 62.2 Å². The zero-order chi connectivity index (χ0) is 16.4. The number of aromatic amines is 1. The normalized spacial score (nSPS) is 19.6. The predicted molar refractivity (Wildman–Crippen MR) is 83.7 cm³/mol. The molecule has 0 saturated carbocycles. The molecule has 3 rings (SSSR count). The van der Waals surface area contributed by atoms with Crippen LogP contribution in [-0.2, 0) is 6.42 Å². The molecule has 0 spiro atoms. The van der Waals surface area contributed by atoms with Gasteiger partial charge < -0.3 is 30.1 Å². The van der Waals surface area contributed by atoms with Crippen LogP contribution in [0.2, 0.25) is 0 Å². The van der Waals surface area contributed by atoms with E-state index < -0.39 is 6.16 Å². The lowest BCUT2D eigenvalue weighted by Gasteiger charge is -2.22. The van der Waals surface area contributed by atoms with Gasteiger partial charge in [0.1, 0.15) is 5.75 Å². The number of aliphatic hydroxyl groups is 4. The summed E-state index contributed by atoms with van der Waals surface area (Å²) in [4.78, 5) is 5.46. The Kier molecular flexibility index (Phi) is 4.56. The van der Waals surface area contributed by atoms with E-state index in [1.807, 2.05) is 6.20 Å². The Hall–Kier alpha value is -1.64. The van der Waals surface area contributed by atoms with Crippen molar-refractivity contribution in [1.29, 1.82) is 0 Å². The maximum absolute atomic E-state index is 9.37. The van der Waals surface area contributed by atoms with Crippen molar-refractivity contribution in [2.75, 3.05) is 19.7 Å². The smallest absolute Gasteiger partial charge is 0.417 e. The van der Waals surface area contributed by atoms with Gasteiger partial charge in [0.15, 0.2) is 0 Å². The lowest BCUT2D eigenvalue weighted by Crippen LogP contribution is -2.34. The Bertz CT molecular complexity index is 664.